The minimum atomic E-state index is 0.751. The van der Waals surface area contributed by atoms with Crippen molar-refractivity contribution in [2.75, 3.05) is 0 Å². The molecule has 4 heteroatoms. The number of hydrogen-bond acceptors (Lipinski definition) is 3. The summed E-state index contributed by atoms with van der Waals surface area (Å²) in [6, 6.07) is 10.4. The van der Waals surface area contributed by atoms with Gasteiger partial charge in [0.05, 0.1) is 0 Å². The van der Waals surface area contributed by atoms with Crippen molar-refractivity contribution in [3.63, 3.8) is 0 Å². The maximum absolute atomic E-state index is 5.34. The van der Waals surface area contributed by atoms with Crippen LogP contribution >= 0.6 is 36.2 Å². The lowest BCUT2D eigenvalue weighted by Crippen LogP contribution is -2.15. The molecule has 0 radical (unpaired) electrons. The number of hydrogen-bond donors (Lipinski definition) is 1. The van der Waals surface area contributed by atoms with Crippen LogP contribution in [0.2, 0.25) is 0 Å². The first-order valence-corrected chi connectivity index (χ1v) is 9.33. The van der Waals surface area contributed by atoms with E-state index in [1.54, 1.807) is 11.8 Å². The van der Waals surface area contributed by atoms with E-state index in [1.807, 2.05) is 6.07 Å². The van der Waals surface area contributed by atoms with Crippen LogP contribution in [0.1, 0.15) is 44.6 Å². The van der Waals surface area contributed by atoms with E-state index >= 15 is 0 Å². The number of nitrogens with one attached hydrogen (secondary N) is 1. The van der Waals surface area contributed by atoms with Gasteiger partial charge in [-0.25, -0.2) is 0 Å². The third kappa shape index (κ3) is 5.67. The van der Waals surface area contributed by atoms with Crippen molar-refractivity contribution in [3.8, 4) is 0 Å². The van der Waals surface area contributed by atoms with Crippen LogP contribution < -0.4 is 5.32 Å². The highest BCUT2D eigenvalue weighted by Crippen LogP contribution is 2.28. The molecule has 1 N–H and O–H groups in total. The molecule has 0 spiro atoms. The fraction of sp³-hybridized carbons (Fsp3) is 0.333. The lowest BCUT2D eigenvalue weighted by molar-refractivity contribution is 0.669. The average Bonchev–Trinajstić information content (AvgIpc) is 2.82. The lowest BCUT2D eigenvalue weighted by Gasteiger charge is -2.05. The second kappa shape index (κ2) is 9.23. The third-order valence-corrected chi connectivity index (χ3v) is 5.06. The van der Waals surface area contributed by atoms with Crippen LogP contribution in [0, 0.1) is 0 Å². The molecule has 1 fully saturated rings. The average molecular weight is 348 g/mol. The van der Waals surface area contributed by atoms with Gasteiger partial charge in [0.1, 0.15) is 9.31 Å². The van der Waals surface area contributed by atoms with Gasteiger partial charge < -0.3 is 5.32 Å². The topological polar surface area (TPSA) is 12.0 Å². The molecule has 1 aromatic rings. The minimum Gasteiger partial charge on any atom is -0.331 e. The first kappa shape index (κ1) is 17.4. The largest absolute Gasteiger partial charge is 0.331 e. The number of allylic oxidation sites excluding steroid dienone is 2. The van der Waals surface area contributed by atoms with E-state index in [2.05, 4.69) is 48.7 Å². The second-order valence-electron chi connectivity index (χ2n) is 5.29. The van der Waals surface area contributed by atoms with Crippen LogP contribution in [0.4, 0.5) is 0 Å². The van der Waals surface area contributed by atoms with Crippen LogP contribution in [0.5, 0.6) is 0 Å². The molecular weight excluding hydrogens is 326 g/mol. The lowest BCUT2D eigenvalue weighted by atomic mass is 10.0. The van der Waals surface area contributed by atoms with Gasteiger partial charge in [-0.15, -0.1) is 0 Å². The normalized spacial score (nSPS) is 17.1. The van der Waals surface area contributed by atoms with E-state index in [0.717, 1.165) is 20.6 Å². The molecule has 1 saturated heterocycles. The van der Waals surface area contributed by atoms with E-state index in [-0.39, 0.29) is 0 Å². The SMILES string of the molecule is CCCCCCC(=Cc1ccccc1)C=C1SC(=S)NC1=S. The zero-order valence-corrected chi connectivity index (χ0v) is 15.3. The van der Waals surface area contributed by atoms with Crippen molar-refractivity contribution >= 4 is 51.6 Å². The molecule has 0 saturated carbocycles. The molecule has 1 nitrogen and oxygen atoms in total. The summed E-state index contributed by atoms with van der Waals surface area (Å²) in [5.74, 6) is 0. The summed E-state index contributed by atoms with van der Waals surface area (Å²) in [4.78, 5) is 1.82. The summed E-state index contributed by atoms with van der Waals surface area (Å²) in [6.07, 6.45) is 10.6. The van der Waals surface area contributed by atoms with Crippen LogP contribution in [-0.2, 0) is 0 Å². The Hall–Kier alpha value is -0.970. The maximum Gasteiger partial charge on any atom is 0.143 e. The zero-order valence-electron chi connectivity index (χ0n) is 12.8. The smallest absolute Gasteiger partial charge is 0.143 e. The molecule has 1 aromatic carbocycles. The number of rotatable bonds is 7. The van der Waals surface area contributed by atoms with Crippen molar-refractivity contribution in [1.82, 2.24) is 5.32 Å². The van der Waals surface area contributed by atoms with Crippen LogP contribution in [0.3, 0.4) is 0 Å². The highest BCUT2D eigenvalue weighted by atomic mass is 32.2. The van der Waals surface area contributed by atoms with Gasteiger partial charge in [0.25, 0.3) is 0 Å². The molecule has 0 aromatic heterocycles. The predicted octanol–water partition coefficient (Wildman–Crippen LogP) is 5.87. The monoisotopic (exact) mass is 347 g/mol. The number of unbranched alkanes of at least 4 members (excludes halogenated alkanes) is 3. The molecule has 22 heavy (non-hydrogen) atoms. The fourth-order valence-electron chi connectivity index (χ4n) is 2.29. The van der Waals surface area contributed by atoms with Gasteiger partial charge in [0.15, 0.2) is 0 Å². The Morgan fingerprint density at radius 2 is 1.91 bits per heavy atom. The summed E-state index contributed by atoms with van der Waals surface area (Å²) >= 11 is 12.1. The van der Waals surface area contributed by atoms with Gasteiger partial charge >= 0.3 is 0 Å². The van der Waals surface area contributed by atoms with Gasteiger partial charge in [-0.1, -0.05) is 98.8 Å². The van der Waals surface area contributed by atoms with Gasteiger partial charge in [0, 0.05) is 4.91 Å². The molecule has 0 aliphatic carbocycles. The van der Waals surface area contributed by atoms with Gasteiger partial charge in [-0.2, -0.15) is 0 Å². The van der Waals surface area contributed by atoms with E-state index in [0.29, 0.717) is 0 Å². The molecular formula is C18H21NS3. The standard InChI is InChI=1S/C18H21NS3/c1-2-3-4-6-11-15(12-14-9-7-5-8-10-14)13-16-17(20)19-18(21)22-16/h5,7-10,12-13H,2-4,6,11H2,1H3,(H,19,20,21). The molecule has 1 aliphatic heterocycles. The number of benzene rings is 1. The molecule has 116 valence electrons. The van der Waals surface area contributed by atoms with E-state index in [4.69, 9.17) is 24.4 Å². The highest BCUT2D eigenvalue weighted by molar-refractivity contribution is 8.27. The molecule has 0 amide bonds. The first-order chi connectivity index (χ1) is 10.7. The Morgan fingerprint density at radius 3 is 2.55 bits per heavy atom. The van der Waals surface area contributed by atoms with Crippen molar-refractivity contribution in [3.05, 3.63) is 52.4 Å². The Morgan fingerprint density at radius 1 is 1.14 bits per heavy atom. The Kier molecular flexibility index (Phi) is 7.30. The molecule has 1 heterocycles. The maximum atomic E-state index is 5.34. The van der Waals surface area contributed by atoms with Crippen molar-refractivity contribution < 1.29 is 0 Å². The Labute approximate surface area is 148 Å². The van der Waals surface area contributed by atoms with Gasteiger partial charge in [0.2, 0.25) is 0 Å². The Balaban J connectivity index is 2.14. The summed E-state index contributed by atoms with van der Waals surface area (Å²) in [6.45, 7) is 2.24. The molecule has 0 atom stereocenters. The quantitative estimate of drug-likeness (QED) is 0.376. The van der Waals surface area contributed by atoms with E-state index in [1.165, 1.54) is 36.8 Å². The summed E-state index contributed by atoms with van der Waals surface area (Å²) in [7, 11) is 0. The number of thioether (sulfide) groups is 1. The van der Waals surface area contributed by atoms with E-state index in [9.17, 15) is 0 Å². The third-order valence-electron chi connectivity index (χ3n) is 3.43. The van der Waals surface area contributed by atoms with Gasteiger partial charge in [-0.05, 0) is 30.1 Å². The summed E-state index contributed by atoms with van der Waals surface area (Å²) in [5.41, 5.74) is 2.55. The van der Waals surface area contributed by atoms with Crippen LogP contribution in [0.15, 0.2) is 46.9 Å². The molecule has 2 rings (SSSR count). The minimum absolute atomic E-state index is 0.751. The van der Waals surface area contributed by atoms with E-state index < -0.39 is 0 Å². The summed E-state index contributed by atoms with van der Waals surface area (Å²) in [5, 5.41) is 3.04. The number of thiocarbonyl (C=S) groups is 2. The van der Waals surface area contributed by atoms with Crippen molar-refractivity contribution in [1.29, 1.82) is 0 Å². The second-order valence-corrected chi connectivity index (χ2v) is 7.42. The zero-order chi connectivity index (χ0) is 15.8. The fourth-order valence-corrected chi connectivity index (χ4v) is 3.79. The van der Waals surface area contributed by atoms with Crippen molar-refractivity contribution in [2.45, 2.75) is 39.0 Å². The predicted molar refractivity (Wildman–Crippen MR) is 107 cm³/mol. The molecule has 0 unspecified atom stereocenters. The van der Waals surface area contributed by atoms with Gasteiger partial charge in [-0.3, -0.25) is 0 Å². The summed E-state index contributed by atoms with van der Waals surface area (Å²) < 4.78 is 0.751. The molecule has 0 bridgehead atoms. The first-order valence-electron chi connectivity index (χ1n) is 7.69. The van der Waals surface area contributed by atoms with Crippen LogP contribution in [0.25, 0.3) is 6.08 Å². The Bertz CT molecular complexity index is 588. The molecule has 1 aliphatic rings. The van der Waals surface area contributed by atoms with Crippen molar-refractivity contribution in [2.24, 2.45) is 0 Å². The van der Waals surface area contributed by atoms with Crippen LogP contribution in [-0.4, -0.2) is 9.31 Å². The highest BCUT2D eigenvalue weighted by Gasteiger charge is 2.18.